The first-order valence-electron chi connectivity index (χ1n) is 11.0. The lowest BCUT2D eigenvalue weighted by atomic mass is 10.0. The summed E-state index contributed by atoms with van der Waals surface area (Å²) in [5, 5.41) is 2.52. The third kappa shape index (κ3) is 3.57. The summed E-state index contributed by atoms with van der Waals surface area (Å²) in [4.78, 5) is 13.0. The average molecular weight is 462 g/mol. The van der Waals surface area contributed by atoms with Crippen LogP contribution < -0.4 is 5.73 Å². The molecule has 0 bridgehead atoms. The Morgan fingerprint density at radius 1 is 1.12 bits per heavy atom. The molecule has 7 nitrogen and oxygen atoms in total. The summed E-state index contributed by atoms with van der Waals surface area (Å²) in [5.41, 5.74) is 8.89. The number of halogens is 1. The number of ether oxygens (including phenoxy) is 2. The Bertz CT molecular complexity index is 1400. The van der Waals surface area contributed by atoms with Gasteiger partial charge >= 0.3 is 0 Å². The van der Waals surface area contributed by atoms with Crippen LogP contribution in [-0.2, 0) is 9.47 Å². The van der Waals surface area contributed by atoms with Crippen molar-refractivity contribution >= 4 is 45.4 Å². The summed E-state index contributed by atoms with van der Waals surface area (Å²) >= 11 is 6.06. The summed E-state index contributed by atoms with van der Waals surface area (Å²) < 4.78 is 14.9. The third-order valence-corrected chi connectivity index (χ3v) is 6.79. The van der Waals surface area contributed by atoms with Gasteiger partial charge in [0.05, 0.1) is 28.1 Å². The molecule has 0 amide bonds. The quantitative estimate of drug-likeness (QED) is 0.461. The molecule has 4 aromatic rings. The van der Waals surface area contributed by atoms with E-state index in [1.807, 2.05) is 38.2 Å². The van der Waals surface area contributed by atoms with Crippen molar-refractivity contribution in [1.82, 2.24) is 19.5 Å². The molecule has 1 aromatic carbocycles. The van der Waals surface area contributed by atoms with E-state index in [-0.39, 0.29) is 24.2 Å². The van der Waals surface area contributed by atoms with Gasteiger partial charge in [0, 0.05) is 23.7 Å². The fraction of sp³-hybridized carbons (Fsp3) is 0.320. The van der Waals surface area contributed by atoms with Crippen molar-refractivity contribution in [2.24, 2.45) is 5.92 Å². The van der Waals surface area contributed by atoms with E-state index in [0.717, 1.165) is 33.9 Å². The van der Waals surface area contributed by atoms with Crippen LogP contribution in [0, 0.1) is 5.92 Å². The Morgan fingerprint density at radius 3 is 2.85 bits per heavy atom. The molecule has 33 heavy (non-hydrogen) atoms. The highest BCUT2D eigenvalue weighted by Crippen LogP contribution is 2.48. The molecule has 1 aliphatic carbocycles. The van der Waals surface area contributed by atoms with Crippen LogP contribution in [0.2, 0.25) is 5.02 Å². The molecule has 8 heteroatoms. The summed E-state index contributed by atoms with van der Waals surface area (Å²) in [5.74, 6) is 0.0376. The van der Waals surface area contributed by atoms with E-state index in [1.165, 1.54) is 6.33 Å². The van der Waals surface area contributed by atoms with E-state index in [9.17, 15) is 0 Å². The minimum absolute atomic E-state index is 0.0460. The summed E-state index contributed by atoms with van der Waals surface area (Å²) in [7, 11) is 0. The molecular formula is C25H24ClN5O2. The second kappa shape index (κ2) is 7.52. The van der Waals surface area contributed by atoms with Gasteiger partial charge in [-0.25, -0.2) is 9.97 Å². The number of hydrogen-bond acceptors (Lipinski definition) is 6. The van der Waals surface area contributed by atoms with E-state index in [4.69, 9.17) is 26.8 Å². The minimum atomic E-state index is -0.636. The normalized spacial score (nSPS) is 26.5. The van der Waals surface area contributed by atoms with Crippen molar-refractivity contribution in [2.75, 3.05) is 5.73 Å². The number of anilines is 1. The molecule has 2 aliphatic rings. The Kier molecular flexibility index (Phi) is 4.69. The van der Waals surface area contributed by atoms with E-state index in [1.54, 1.807) is 6.20 Å². The maximum atomic E-state index is 6.37. The second-order valence-corrected chi connectivity index (χ2v) is 9.65. The first-order chi connectivity index (χ1) is 15.9. The number of aromatic nitrogens is 4. The molecule has 0 spiro atoms. The Hall–Kier alpha value is -3.00. The lowest BCUT2D eigenvalue weighted by Gasteiger charge is -2.24. The van der Waals surface area contributed by atoms with Crippen LogP contribution in [0.25, 0.3) is 28.0 Å². The smallest absolute Gasteiger partial charge is 0.163 e. The fourth-order valence-corrected chi connectivity index (χ4v) is 5.33. The van der Waals surface area contributed by atoms with Gasteiger partial charge in [-0.3, -0.25) is 4.98 Å². The van der Waals surface area contributed by atoms with Gasteiger partial charge in [-0.05, 0) is 44.0 Å². The number of hydrogen-bond donors (Lipinski definition) is 1. The van der Waals surface area contributed by atoms with Crippen molar-refractivity contribution in [2.45, 2.75) is 44.3 Å². The van der Waals surface area contributed by atoms with Crippen LogP contribution in [-0.4, -0.2) is 37.5 Å². The first kappa shape index (κ1) is 20.6. The SMILES string of the molecule is CC1(C)O[C@@H]2[C@H](O1)[C@@H](/C=C/c1ccc3cc(Cl)cnc3c1)C[C@H]2n1ccc2c(N)ncnc21. The molecule has 1 aliphatic heterocycles. The number of nitrogen functional groups attached to an aromatic ring is 1. The highest BCUT2D eigenvalue weighted by atomic mass is 35.5. The molecular weight excluding hydrogens is 438 g/mol. The Morgan fingerprint density at radius 2 is 1.97 bits per heavy atom. The van der Waals surface area contributed by atoms with E-state index in [0.29, 0.717) is 10.8 Å². The average Bonchev–Trinajstić information content (AvgIpc) is 3.44. The molecule has 3 aromatic heterocycles. The molecule has 4 heterocycles. The molecule has 1 saturated heterocycles. The molecule has 4 atom stereocenters. The van der Waals surface area contributed by atoms with Gasteiger partial charge in [-0.1, -0.05) is 35.9 Å². The van der Waals surface area contributed by atoms with Gasteiger partial charge in [-0.15, -0.1) is 0 Å². The van der Waals surface area contributed by atoms with E-state index >= 15 is 0 Å². The topological polar surface area (TPSA) is 88.1 Å². The zero-order chi connectivity index (χ0) is 22.7. The third-order valence-electron chi connectivity index (χ3n) is 6.59. The van der Waals surface area contributed by atoms with Gasteiger partial charge in [0.2, 0.25) is 0 Å². The summed E-state index contributed by atoms with van der Waals surface area (Å²) in [6.07, 6.45) is 10.3. The Balaban J connectivity index is 1.33. The molecule has 6 rings (SSSR count). The van der Waals surface area contributed by atoms with Crippen LogP contribution in [0.3, 0.4) is 0 Å². The standard InChI is InChI=1S/C25H24ClN5O2/c1-25(2)32-21-16(6-4-14-3-5-15-10-17(26)12-28-19(15)9-14)11-20(22(21)33-25)31-8-7-18-23(27)29-13-30-24(18)31/h3-10,12-13,16,20-22H,11H2,1-2H3,(H2,27,29,30)/b6-4+/t16-,20+,21+,22-/m0/s1. The predicted octanol–water partition coefficient (Wildman–Crippen LogP) is 5.01. The zero-order valence-electron chi connectivity index (χ0n) is 18.4. The van der Waals surface area contributed by atoms with Crippen LogP contribution in [0.1, 0.15) is 31.9 Å². The molecule has 0 unspecified atom stereocenters. The van der Waals surface area contributed by atoms with E-state index < -0.39 is 5.79 Å². The number of pyridine rings is 1. The van der Waals surface area contributed by atoms with Gasteiger partial charge in [0.1, 0.15) is 23.9 Å². The van der Waals surface area contributed by atoms with Gasteiger partial charge in [0.25, 0.3) is 0 Å². The monoisotopic (exact) mass is 461 g/mol. The van der Waals surface area contributed by atoms with Crippen LogP contribution in [0.15, 0.2) is 55.1 Å². The Labute approximate surface area is 196 Å². The summed E-state index contributed by atoms with van der Waals surface area (Å²) in [6, 6.07) is 10.2. The highest BCUT2D eigenvalue weighted by Gasteiger charge is 2.54. The first-order valence-corrected chi connectivity index (χ1v) is 11.4. The van der Waals surface area contributed by atoms with Crippen LogP contribution in [0.4, 0.5) is 5.82 Å². The number of rotatable bonds is 3. The van der Waals surface area contributed by atoms with Crippen molar-refractivity contribution in [3.05, 3.63) is 65.7 Å². The minimum Gasteiger partial charge on any atom is -0.383 e. The highest BCUT2D eigenvalue weighted by molar-refractivity contribution is 6.31. The second-order valence-electron chi connectivity index (χ2n) is 9.22. The summed E-state index contributed by atoms with van der Waals surface area (Å²) in [6.45, 7) is 3.94. The molecule has 0 radical (unpaired) electrons. The number of fused-ring (bicyclic) bond motifs is 3. The van der Waals surface area contributed by atoms with Crippen LogP contribution >= 0.6 is 11.6 Å². The number of nitrogens with zero attached hydrogens (tertiary/aromatic N) is 4. The van der Waals surface area contributed by atoms with E-state index in [2.05, 4.69) is 43.8 Å². The van der Waals surface area contributed by atoms with Crippen molar-refractivity contribution in [3.63, 3.8) is 0 Å². The van der Waals surface area contributed by atoms with Crippen molar-refractivity contribution in [1.29, 1.82) is 0 Å². The van der Waals surface area contributed by atoms with Crippen molar-refractivity contribution < 1.29 is 9.47 Å². The lowest BCUT2D eigenvalue weighted by molar-refractivity contribution is -0.158. The molecule has 2 N–H and O–H groups in total. The van der Waals surface area contributed by atoms with Crippen molar-refractivity contribution in [3.8, 4) is 0 Å². The lowest BCUT2D eigenvalue weighted by Crippen LogP contribution is -2.27. The number of nitrogens with two attached hydrogens (primary N) is 1. The molecule has 1 saturated carbocycles. The largest absolute Gasteiger partial charge is 0.383 e. The van der Waals surface area contributed by atoms with Gasteiger partial charge in [-0.2, -0.15) is 0 Å². The predicted molar refractivity (Wildman–Crippen MR) is 129 cm³/mol. The maximum absolute atomic E-state index is 6.37. The fourth-order valence-electron chi connectivity index (χ4n) is 5.16. The zero-order valence-corrected chi connectivity index (χ0v) is 19.1. The molecule has 2 fully saturated rings. The van der Waals surface area contributed by atoms with Gasteiger partial charge < -0.3 is 19.8 Å². The molecule has 168 valence electrons. The number of benzene rings is 1. The van der Waals surface area contributed by atoms with Crippen LogP contribution in [0.5, 0.6) is 0 Å². The van der Waals surface area contributed by atoms with Gasteiger partial charge in [0.15, 0.2) is 5.79 Å². The maximum Gasteiger partial charge on any atom is 0.163 e.